The lowest BCUT2D eigenvalue weighted by atomic mass is 9.98. The van der Waals surface area contributed by atoms with Gasteiger partial charge in [0, 0.05) is 18.4 Å². The maximum absolute atomic E-state index is 12.6. The van der Waals surface area contributed by atoms with Gasteiger partial charge in [-0.2, -0.15) is 0 Å². The van der Waals surface area contributed by atoms with Gasteiger partial charge in [-0.1, -0.05) is 61.4 Å². The Hall–Kier alpha value is -3.35. The molecule has 5 rings (SSSR count). The highest BCUT2D eigenvalue weighted by atomic mass is 16.5. The lowest BCUT2D eigenvalue weighted by Gasteiger charge is -2.18. The molecule has 0 saturated heterocycles. The number of alkyl carbamates (subject to hydrolysis) is 1. The Bertz CT molecular complexity index is 1070. The number of carboxylic acid groups (broad SMARTS) is 1. The van der Waals surface area contributed by atoms with E-state index in [1.54, 1.807) is 0 Å². The Kier molecular flexibility index (Phi) is 6.75. The Morgan fingerprint density at radius 1 is 0.914 bits per heavy atom. The average molecular weight is 477 g/mol. The van der Waals surface area contributed by atoms with E-state index in [0.29, 0.717) is 18.8 Å². The number of hydrogen-bond acceptors (Lipinski definition) is 4. The van der Waals surface area contributed by atoms with E-state index < -0.39 is 18.1 Å². The molecule has 0 bridgehead atoms. The molecule has 1 unspecified atom stereocenters. The van der Waals surface area contributed by atoms with Crippen LogP contribution in [0.4, 0.5) is 4.79 Å². The van der Waals surface area contributed by atoms with E-state index in [1.165, 1.54) is 22.3 Å². The number of amides is 2. The van der Waals surface area contributed by atoms with Gasteiger partial charge in [0.2, 0.25) is 5.91 Å². The number of benzene rings is 2. The predicted molar refractivity (Wildman–Crippen MR) is 131 cm³/mol. The highest BCUT2D eigenvalue weighted by molar-refractivity contribution is 5.83. The minimum Gasteiger partial charge on any atom is -0.480 e. The molecule has 35 heavy (non-hydrogen) atoms. The molecule has 0 spiro atoms. The van der Waals surface area contributed by atoms with Gasteiger partial charge in [0.1, 0.15) is 12.6 Å². The van der Waals surface area contributed by atoms with Crippen molar-refractivity contribution in [1.29, 1.82) is 0 Å². The van der Waals surface area contributed by atoms with Crippen LogP contribution in [0, 0.1) is 11.8 Å². The van der Waals surface area contributed by atoms with Crippen molar-refractivity contribution in [1.82, 2.24) is 10.6 Å². The molecular weight excluding hydrogens is 444 g/mol. The normalized spacial score (nSPS) is 21.6. The summed E-state index contributed by atoms with van der Waals surface area (Å²) in [5.74, 6) is -0.611. The Balaban J connectivity index is 1.08. The number of nitrogens with one attached hydrogen (secondary N) is 2. The molecule has 0 aromatic heterocycles. The summed E-state index contributed by atoms with van der Waals surface area (Å²) in [6.07, 6.45) is 4.76. The first kappa shape index (κ1) is 23.4. The van der Waals surface area contributed by atoms with E-state index in [-0.39, 0.29) is 36.8 Å². The van der Waals surface area contributed by atoms with Crippen molar-refractivity contribution in [3.8, 4) is 11.1 Å². The summed E-state index contributed by atoms with van der Waals surface area (Å²) in [5.41, 5.74) is 4.73. The molecule has 0 radical (unpaired) electrons. The van der Waals surface area contributed by atoms with Crippen LogP contribution in [0.2, 0.25) is 0 Å². The van der Waals surface area contributed by atoms with Gasteiger partial charge in [-0.25, -0.2) is 9.59 Å². The number of carboxylic acids is 1. The van der Waals surface area contributed by atoms with Crippen LogP contribution in [-0.4, -0.2) is 41.8 Å². The molecular formula is C28H32N2O5. The second-order valence-electron chi connectivity index (χ2n) is 10.2. The molecule has 3 N–H and O–H groups in total. The molecule has 2 fully saturated rings. The second kappa shape index (κ2) is 10.1. The highest BCUT2D eigenvalue weighted by Crippen LogP contribution is 2.44. The minimum atomic E-state index is -0.966. The third-order valence-corrected chi connectivity index (χ3v) is 7.58. The van der Waals surface area contributed by atoms with Crippen LogP contribution in [0.3, 0.4) is 0 Å². The first-order valence-electron chi connectivity index (χ1n) is 12.6. The first-order chi connectivity index (χ1) is 17.0. The lowest BCUT2D eigenvalue weighted by Crippen LogP contribution is -2.41. The molecule has 7 heteroatoms. The van der Waals surface area contributed by atoms with Crippen molar-refractivity contribution in [3.05, 3.63) is 59.7 Å². The van der Waals surface area contributed by atoms with Crippen LogP contribution in [0.5, 0.6) is 0 Å². The number of carbonyl (C=O) groups is 3. The minimum absolute atomic E-state index is 0.0194. The van der Waals surface area contributed by atoms with Crippen LogP contribution in [-0.2, 0) is 14.3 Å². The summed E-state index contributed by atoms with van der Waals surface area (Å²) in [4.78, 5) is 36.4. The Morgan fingerprint density at radius 2 is 1.54 bits per heavy atom. The van der Waals surface area contributed by atoms with Crippen molar-refractivity contribution in [2.75, 3.05) is 6.61 Å². The summed E-state index contributed by atoms with van der Waals surface area (Å²) in [6, 6.07) is 15.6. The van der Waals surface area contributed by atoms with Crippen LogP contribution < -0.4 is 10.6 Å². The Labute approximate surface area is 205 Å². The number of rotatable bonds is 9. The topological polar surface area (TPSA) is 105 Å². The van der Waals surface area contributed by atoms with Crippen LogP contribution in [0.25, 0.3) is 11.1 Å². The number of hydrogen-bond donors (Lipinski definition) is 3. The second-order valence-corrected chi connectivity index (χ2v) is 10.2. The SMILES string of the molecule is O=C(C[C@H]1CC[C@@H](NC(=O)OCC2c3ccccc3-c3ccccc32)C1)NC(CC1CC1)C(=O)O. The van der Waals surface area contributed by atoms with E-state index in [2.05, 4.69) is 34.9 Å². The summed E-state index contributed by atoms with van der Waals surface area (Å²) in [7, 11) is 0. The molecule has 2 aromatic rings. The zero-order valence-electron chi connectivity index (χ0n) is 19.7. The third kappa shape index (κ3) is 5.50. The van der Waals surface area contributed by atoms with E-state index in [4.69, 9.17) is 4.74 Å². The summed E-state index contributed by atoms with van der Waals surface area (Å²) in [6.45, 7) is 0.274. The highest BCUT2D eigenvalue weighted by Gasteiger charge is 2.33. The van der Waals surface area contributed by atoms with E-state index in [1.807, 2.05) is 24.3 Å². The monoisotopic (exact) mass is 476 g/mol. The van der Waals surface area contributed by atoms with Gasteiger partial charge in [-0.05, 0) is 59.8 Å². The van der Waals surface area contributed by atoms with Gasteiger partial charge in [0.05, 0.1) is 0 Å². The van der Waals surface area contributed by atoms with Gasteiger partial charge < -0.3 is 20.5 Å². The molecule has 184 valence electrons. The van der Waals surface area contributed by atoms with Gasteiger partial charge in [0.25, 0.3) is 0 Å². The molecule has 3 aliphatic carbocycles. The number of aliphatic carboxylic acids is 1. The zero-order valence-corrected chi connectivity index (χ0v) is 19.7. The maximum Gasteiger partial charge on any atom is 0.407 e. The standard InChI is InChI=1S/C28H32N2O5/c31-26(30-25(27(32)33)14-17-9-10-17)15-18-11-12-19(13-18)29-28(34)35-16-24-22-7-3-1-5-20(22)21-6-2-4-8-23(21)24/h1-8,17-19,24-25H,9-16H2,(H,29,34)(H,30,31)(H,32,33)/t18-,19+,25?/m0/s1. The molecule has 2 saturated carbocycles. The lowest BCUT2D eigenvalue weighted by molar-refractivity contribution is -0.142. The van der Waals surface area contributed by atoms with Crippen LogP contribution in [0.15, 0.2) is 48.5 Å². The molecule has 7 nitrogen and oxygen atoms in total. The van der Waals surface area contributed by atoms with Gasteiger partial charge >= 0.3 is 12.1 Å². The fraction of sp³-hybridized carbons (Fsp3) is 0.464. The number of carbonyl (C=O) groups excluding carboxylic acids is 2. The van der Waals surface area contributed by atoms with E-state index in [0.717, 1.165) is 25.7 Å². The molecule has 0 aliphatic heterocycles. The zero-order chi connectivity index (χ0) is 24.4. The fourth-order valence-electron chi connectivity index (χ4n) is 5.62. The Morgan fingerprint density at radius 3 is 2.17 bits per heavy atom. The van der Waals surface area contributed by atoms with E-state index in [9.17, 15) is 19.5 Å². The van der Waals surface area contributed by atoms with Gasteiger partial charge in [0.15, 0.2) is 0 Å². The van der Waals surface area contributed by atoms with Crippen molar-refractivity contribution in [2.45, 2.75) is 62.9 Å². The predicted octanol–water partition coefficient (Wildman–Crippen LogP) is 4.45. The summed E-state index contributed by atoms with van der Waals surface area (Å²) in [5, 5.41) is 15.0. The summed E-state index contributed by atoms with van der Waals surface area (Å²) >= 11 is 0. The van der Waals surface area contributed by atoms with Crippen molar-refractivity contribution in [2.24, 2.45) is 11.8 Å². The van der Waals surface area contributed by atoms with Crippen molar-refractivity contribution in [3.63, 3.8) is 0 Å². The summed E-state index contributed by atoms with van der Waals surface area (Å²) < 4.78 is 5.65. The largest absolute Gasteiger partial charge is 0.480 e. The number of fused-ring (bicyclic) bond motifs is 3. The van der Waals surface area contributed by atoms with Gasteiger partial charge in [-0.15, -0.1) is 0 Å². The van der Waals surface area contributed by atoms with Crippen molar-refractivity contribution >= 4 is 18.0 Å². The quantitative estimate of drug-likeness (QED) is 0.496. The third-order valence-electron chi connectivity index (χ3n) is 7.58. The molecule has 3 atom stereocenters. The molecule has 3 aliphatic rings. The maximum atomic E-state index is 12.6. The first-order valence-corrected chi connectivity index (χ1v) is 12.6. The van der Waals surface area contributed by atoms with Gasteiger partial charge in [-0.3, -0.25) is 4.79 Å². The molecule has 2 aromatic carbocycles. The van der Waals surface area contributed by atoms with Crippen LogP contribution >= 0.6 is 0 Å². The molecule has 0 heterocycles. The van der Waals surface area contributed by atoms with Crippen LogP contribution in [0.1, 0.15) is 62.0 Å². The fourth-order valence-corrected chi connectivity index (χ4v) is 5.62. The van der Waals surface area contributed by atoms with E-state index >= 15 is 0 Å². The smallest absolute Gasteiger partial charge is 0.407 e. The van der Waals surface area contributed by atoms with Crippen molar-refractivity contribution < 1.29 is 24.2 Å². The average Bonchev–Trinajstić information content (AvgIpc) is 3.47. The number of ether oxygens (including phenoxy) is 1. The molecule has 2 amide bonds.